The first-order chi connectivity index (χ1) is 12.1. The summed E-state index contributed by atoms with van der Waals surface area (Å²) >= 11 is 5.02. The molecule has 1 fully saturated rings. The lowest BCUT2D eigenvalue weighted by Gasteiger charge is -2.18. The van der Waals surface area contributed by atoms with Crippen molar-refractivity contribution in [1.82, 2.24) is 0 Å². The third-order valence-corrected chi connectivity index (χ3v) is 4.57. The van der Waals surface area contributed by atoms with Crippen molar-refractivity contribution in [3.05, 3.63) is 58.7 Å². The smallest absolute Gasteiger partial charge is 0.263 e. The number of nitrogens with one attached hydrogen (secondary N) is 1. The molecule has 0 bridgehead atoms. The van der Waals surface area contributed by atoms with Gasteiger partial charge in [-0.25, -0.2) is 4.39 Å². The van der Waals surface area contributed by atoms with Gasteiger partial charge in [0.2, 0.25) is 6.86 Å². The molecule has 1 N–H and O–H groups in total. The summed E-state index contributed by atoms with van der Waals surface area (Å²) < 4.78 is 23.1. The van der Waals surface area contributed by atoms with E-state index >= 15 is 0 Å². The van der Waals surface area contributed by atoms with Crippen LogP contribution in [0.3, 0.4) is 0 Å². The number of alkyl halides is 1. The van der Waals surface area contributed by atoms with Crippen LogP contribution < -0.4 is 10.1 Å². The number of hydrogen-bond donors (Lipinski definition) is 1. The third-order valence-electron chi connectivity index (χ3n) is 4.35. The maximum atomic E-state index is 12.3. The van der Waals surface area contributed by atoms with Gasteiger partial charge in [0, 0.05) is 11.3 Å². The fraction of sp³-hybridized carbons (Fsp3) is 0.350. The van der Waals surface area contributed by atoms with Crippen molar-refractivity contribution < 1.29 is 13.9 Å². The van der Waals surface area contributed by atoms with Crippen LogP contribution in [0, 0.1) is 13.8 Å². The quantitative estimate of drug-likeness (QED) is 0.700. The fourth-order valence-corrected chi connectivity index (χ4v) is 3.12. The number of halogens is 1. The van der Waals surface area contributed by atoms with Crippen LogP contribution in [0.4, 0.5) is 10.1 Å². The molecular formula is C20H22FNO2S. The number of hydrogen-bond acceptors (Lipinski definition) is 3. The van der Waals surface area contributed by atoms with Crippen molar-refractivity contribution in [3.63, 3.8) is 0 Å². The van der Waals surface area contributed by atoms with Gasteiger partial charge >= 0.3 is 0 Å². The van der Waals surface area contributed by atoms with Crippen LogP contribution >= 0.6 is 12.2 Å². The van der Waals surface area contributed by atoms with Crippen molar-refractivity contribution in [2.75, 3.05) is 12.2 Å². The highest BCUT2D eigenvalue weighted by Gasteiger charge is 2.27. The molecule has 0 aromatic heterocycles. The Labute approximate surface area is 153 Å². The van der Waals surface area contributed by atoms with Crippen LogP contribution in [0.1, 0.15) is 41.0 Å². The predicted molar refractivity (Wildman–Crippen MR) is 102 cm³/mol. The van der Waals surface area contributed by atoms with Crippen molar-refractivity contribution >= 4 is 23.1 Å². The maximum absolute atomic E-state index is 12.3. The topological polar surface area (TPSA) is 30.5 Å². The zero-order valence-corrected chi connectivity index (χ0v) is 15.3. The van der Waals surface area contributed by atoms with Gasteiger partial charge in [-0.05, 0) is 68.1 Å². The maximum Gasteiger partial charge on any atom is 0.263 e. The van der Waals surface area contributed by atoms with Gasteiger partial charge in [-0.2, -0.15) is 0 Å². The Balaban J connectivity index is 1.83. The summed E-state index contributed by atoms with van der Waals surface area (Å²) in [7, 11) is 0. The third kappa shape index (κ3) is 4.48. The Morgan fingerprint density at radius 2 is 2.04 bits per heavy atom. The van der Waals surface area contributed by atoms with Gasteiger partial charge in [-0.3, -0.25) is 0 Å². The number of anilines is 1. The second kappa shape index (κ2) is 7.83. The highest BCUT2D eigenvalue weighted by atomic mass is 32.1. The van der Waals surface area contributed by atoms with E-state index in [4.69, 9.17) is 21.7 Å². The van der Waals surface area contributed by atoms with Crippen LogP contribution in [0.25, 0.3) is 0 Å². The summed E-state index contributed by atoms with van der Waals surface area (Å²) in [6.07, 6.45) is 2.37. The summed E-state index contributed by atoms with van der Waals surface area (Å²) in [5, 5.41) is 3.01. The SMILES string of the molecule is Cc1ccc(OCc2c(NC(=S)OCF)cccc2C2CC2)c(C)c1. The number of aryl methyl sites for hydroxylation is 2. The van der Waals surface area contributed by atoms with E-state index in [-0.39, 0.29) is 5.17 Å². The minimum Gasteiger partial charge on any atom is -0.489 e. The Hall–Kier alpha value is -2.14. The van der Waals surface area contributed by atoms with Crippen molar-refractivity contribution in [3.8, 4) is 5.75 Å². The second-order valence-electron chi connectivity index (χ2n) is 6.37. The van der Waals surface area contributed by atoms with Crippen LogP contribution in [0.15, 0.2) is 36.4 Å². The molecule has 132 valence electrons. The zero-order chi connectivity index (χ0) is 17.8. The molecule has 1 aliphatic carbocycles. The van der Waals surface area contributed by atoms with E-state index in [0.717, 1.165) is 22.6 Å². The first kappa shape index (κ1) is 17.7. The molecule has 0 radical (unpaired) electrons. The minimum atomic E-state index is -0.942. The number of rotatable bonds is 6. The number of thiocarbonyl (C=S) groups is 1. The molecule has 2 aromatic carbocycles. The molecule has 2 aromatic rings. The summed E-state index contributed by atoms with van der Waals surface area (Å²) in [4.78, 5) is 0. The summed E-state index contributed by atoms with van der Waals surface area (Å²) in [5.74, 6) is 1.43. The standard InChI is InChI=1S/C20H22FNO2S/c1-13-6-9-19(14(2)10-13)23-11-17-16(15-7-8-15)4-3-5-18(17)22-20(25)24-12-21/h3-6,9-10,15H,7-8,11-12H2,1-2H3,(H,22,25). The molecule has 0 amide bonds. The van der Waals surface area contributed by atoms with Gasteiger partial charge in [0.25, 0.3) is 5.17 Å². The van der Waals surface area contributed by atoms with Crippen molar-refractivity contribution in [1.29, 1.82) is 0 Å². The first-order valence-electron chi connectivity index (χ1n) is 8.40. The van der Waals surface area contributed by atoms with Gasteiger partial charge in [0.1, 0.15) is 12.4 Å². The average molecular weight is 359 g/mol. The molecule has 0 saturated heterocycles. The van der Waals surface area contributed by atoms with Crippen LogP contribution in [-0.4, -0.2) is 12.0 Å². The lowest BCUT2D eigenvalue weighted by atomic mass is 10.0. The molecule has 5 heteroatoms. The second-order valence-corrected chi connectivity index (χ2v) is 6.74. The van der Waals surface area contributed by atoms with Gasteiger partial charge in [-0.1, -0.05) is 29.8 Å². The van der Waals surface area contributed by atoms with Crippen LogP contribution in [0.5, 0.6) is 5.75 Å². The monoisotopic (exact) mass is 359 g/mol. The van der Waals surface area contributed by atoms with Crippen molar-refractivity contribution in [2.45, 2.75) is 39.2 Å². The average Bonchev–Trinajstić information content (AvgIpc) is 3.40. The lowest BCUT2D eigenvalue weighted by Crippen LogP contribution is -2.15. The van der Waals surface area contributed by atoms with E-state index < -0.39 is 6.86 Å². The molecule has 1 saturated carbocycles. The van der Waals surface area contributed by atoms with Gasteiger partial charge in [0.15, 0.2) is 0 Å². The fourth-order valence-electron chi connectivity index (χ4n) is 2.97. The Bertz CT molecular complexity index is 774. The molecule has 3 rings (SSSR count). The van der Waals surface area contributed by atoms with Gasteiger partial charge in [-0.15, -0.1) is 0 Å². The Morgan fingerprint density at radius 1 is 1.24 bits per heavy atom. The minimum absolute atomic E-state index is 0.0308. The largest absolute Gasteiger partial charge is 0.489 e. The highest BCUT2D eigenvalue weighted by Crippen LogP contribution is 2.43. The molecule has 0 spiro atoms. The number of benzene rings is 2. The summed E-state index contributed by atoms with van der Waals surface area (Å²) in [6.45, 7) is 3.59. The van der Waals surface area contributed by atoms with Crippen LogP contribution in [-0.2, 0) is 11.3 Å². The summed E-state index contributed by atoms with van der Waals surface area (Å²) in [6, 6.07) is 12.2. The van der Waals surface area contributed by atoms with E-state index in [1.807, 2.05) is 31.2 Å². The molecule has 3 nitrogen and oxygen atoms in total. The molecule has 0 aliphatic heterocycles. The van der Waals surface area contributed by atoms with E-state index in [1.54, 1.807) is 0 Å². The summed E-state index contributed by atoms with van der Waals surface area (Å²) in [5.41, 5.74) is 5.44. The van der Waals surface area contributed by atoms with E-state index in [0.29, 0.717) is 12.5 Å². The van der Waals surface area contributed by atoms with E-state index in [9.17, 15) is 4.39 Å². The van der Waals surface area contributed by atoms with Crippen molar-refractivity contribution in [2.24, 2.45) is 0 Å². The van der Waals surface area contributed by atoms with Gasteiger partial charge < -0.3 is 14.8 Å². The zero-order valence-electron chi connectivity index (χ0n) is 14.5. The molecule has 0 atom stereocenters. The molecule has 0 heterocycles. The highest BCUT2D eigenvalue weighted by molar-refractivity contribution is 7.80. The first-order valence-corrected chi connectivity index (χ1v) is 8.81. The lowest BCUT2D eigenvalue weighted by molar-refractivity contribution is 0.184. The molecular weight excluding hydrogens is 337 g/mol. The van der Waals surface area contributed by atoms with Crippen LogP contribution in [0.2, 0.25) is 0 Å². The van der Waals surface area contributed by atoms with Gasteiger partial charge in [0.05, 0.1) is 0 Å². The van der Waals surface area contributed by atoms with E-state index in [1.165, 1.54) is 24.0 Å². The normalized spacial score (nSPS) is 13.4. The number of ether oxygens (including phenoxy) is 2. The molecule has 25 heavy (non-hydrogen) atoms. The predicted octanol–water partition coefficient (Wildman–Crippen LogP) is 5.40. The molecule has 1 aliphatic rings. The Kier molecular flexibility index (Phi) is 5.53. The van der Waals surface area contributed by atoms with E-state index in [2.05, 4.69) is 24.4 Å². The Morgan fingerprint density at radius 3 is 2.72 bits per heavy atom. The molecule has 0 unspecified atom stereocenters.